The molecule has 1 amide bonds. The van der Waals surface area contributed by atoms with Crippen molar-refractivity contribution in [2.45, 2.75) is 6.92 Å². The number of carboxylic acid groups (broad SMARTS) is 1. The third kappa shape index (κ3) is 5.41. The van der Waals surface area contributed by atoms with Crippen LogP contribution >= 0.6 is 27.7 Å². The van der Waals surface area contributed by atoms with E-state index in [-0.39, 0.29) is 11.5 Å². The van der Waals surface area contributed by atoms with Gasteiger partial charge in [-0.3, -0.25) is 9.69 Å². The van der Waals surface area contributed by atoms with Crippen molar-refractivity contribution in [2.75, 3.05) is 20.3 Å². The third-order valence-corrected chi connectivity index (χ3v) is 5.97. The molecule has 0 aromatic heterocycles. The van der Waals surface area contributed by atoms with Gasteiger partial charge in [-0.2, -0.15) is 0 Å². The van der Waals surface area contributed by atoms with E-state index in [1.54, 1.807) is 31.3 Å². The molecule has 0 unspecified atom stereocenters. The molecule has 0 bridgehead atoms. The Morgan fingerprint density at radius 2 is 2.00 bits per heavy atom. The first kappa shape index (κ1) is 23.6. The summed E-state index contributed by atoms with van der Waals surface area (Å²) in [6.45, 7) is 6.34. The van der Waals surface area contributed by atoms with Crippen LogP contribution in [0.1, 0.15) is 22.8 Å². The molecule has 0 radical (unpaired) electrons. The van der Waals surface area contributed by atoms with Gasteiger partial charge in [-0.15, -0.1) is 0 Å². The van der Waals surface area contributed by atoms with Crippen LogP contribution in [0.25, 0.3) is 6.08 Å². The summed E-state index contributed by atoms with van der Waals surface area (Å²) in [5.41, 5.74) is 1.50. The molecule has 1 saturated heterocycles. The minimum absolute atomic E-state index is 0.175. The Balaban J connectivity index is 1.89. The average Bonchev–Trinajstić information content (AvgIpc) is 3.01. The summed E-state index contributed by atoms with van der Waals surface area (Å²) in [5.74, 6) is -0.0531. The molecular formula is C23H21BrN2O5S. The minimum atomic E-state index is -1.00. The summed E-state index contributed by atoms with van der Waals surface area (Å²) in [4.78, 5) is 30.2. The number of amidine groups is 1. The molecule has 0 saturated carbocycles. The van der Waals surface area contributed by atoms with E-state index in [0.29, 0.717) is 44.9 Å². The fourth-order valence-corrected chi connectivity index (χ4v) is 4.37. The lowest BCUT2D eigenvalue weighted by Gasteiger charge is -2.13. The third-order valence-electron chi connectivity index (χ3n) is 4.32. The maximum atomic E-state index is 12.8. The quantitative estimate of drug-likeness (QED) is 0.376. The van der Waals surface area contributed by atoms with Crippen molar-refractivity contribution in [3.8, 4) is 11.5 Å². The smallest absolute Gasteiger partial charge is 0.335 e. The van der Waals surface area contributed by atoms with Gasteiger partial charge in [0.15, 0.2) is 16.7 Å². The molecule has 1 N–H and O–H groups in total. The predicted molar refractivity (Wildman–Crippen MR) is 130 cm³/mol. The maximum Gasteiger partial charge on any atom is 0.335 e. The highest BCUT2D eigenvalue weighted by Crippen LogP contribution is 2.39. The lowest BCUT2D eigenvalue weighted by Crippen LogP contribution is -2.23. The molecule has 1 fully saturated rings. The first-order valence-corrected chi connectivity index (χ1v) is 11.2. The number of benzene rings is 2. The van der Waals surface area contributed by atoms with E-state index in [0.717, 1.165) is 5.56 Å². The Morgan fingerprint density at radius 3 is 2.62 bits per heavy atom. The Morgan fingerprint density at radius 1 is 1.28 bits per heavy atom. The lowest BCUT2D eigenvalue weighted by atomic mass is 10.2. The molecule has 0 aliphatic carbocycles. The van der Waals surface area contributed by atoms with Crippen LogP contribution in [0.15, 0.2) is 63.4 Å². The number of hydrogen-bond acceptors (Lipinski definition) is 6. The number of ether oxygens (including phenoxy) is 2. The van der Waals surface area contributed by atoms with Crippen molar-refractivity contribution < 1.29 is 24.2 Å². The highest BCUT2D eigenvalue weighted by atomic mass is 79.9. The number of carbonyl (C=O) groups is 2. The largest absolute Gasteiger partial charge is 0.490 e. The van der Waals surface area contributed by atoms with Crippen LogP contribution in [-0.2, 0) is 4.79 Å². The van der Waals surface area contributed by atoms with Gasteiger partial charge in [0.1, 0.15) is 6.61 Å². The molecule has 3 rings (SSSR count). The van der Waals surface area contributed by atoms with E-state index in [2.05, 4.69) is 27.5 Å². The number of halogens is 1. The second kappa shape index (κ2) is 10.5. The molecule has 1 aliphatic heterocycles. The normalized spacial score (nSPS) is 16.0. The number of thioether (sulfide) groups is 1. The summed E-state index contributed by atoms with van der Waals surface area (Å²) in [5, 5.41) is 9.52. The number of aromatic carboxylic acids is 1. The Labute approximate surface area is 198 Å². The first-order valence-electron chi connectivity index (χ1n) is 9.63. The molecule has 0 spiro atoms. The van der Waals surface area contributed by atoms with Crippen molar-refractivity contribution in [1.29, 1.82) is 0 Å². The molecule has 32 heavy (non-hydrogen) atoms. The van der Waals surface area contributed by atoms with Gasteiger partial charge in [0, 0.05) is 7.05 Å². The molecule has 1 aliphatic rings. The van der Waals surface area contributed by atoms with E-state index in [4.69, 9.17) is 14.6 Å². The molecule has 166 valence electrons. The van der Waals surface area contributed by atoms with E-state index in [1.165, 1.54) is 28.8 Å². The molecule has 2 aromatic carbocycles. The van der Waals surface area contributed by atoms with E-state index >= 15 is 0 Å². The standard InChI is InChI=1S/C23H21BrN2O5S/c1-4-10-31-20-17(24)11-14(12-18(20)30-5-2)13-19-21(27)26(3)23(32-19)25-16-8-6-15(7-9-16)22(28)29/h4,6-9,11-13H,1,5,10H2,2-3H3,(H,28,29)/b19-13-,25-23?. The number of amides is 1. The number of carboxylic acids is 1. The first-order chi connectivity index (χ1) is 15.3. The van der Waals surface area contributed by atoms with Gasteiger partial charge in [-0.25, -0.2) is 9.79 Å². The van der Waals surface area contributed by atoms with Crippen LogP contribution in [0, 0.1) is 0 Å². The number of hydrogen-bond donors (Lipinski definition) is 1. The fraction of sp³-hybridized carbons (Fsp3) is 0.174. The van der Waals surface area contributed by atoms with Crippen molar-refractivity contribution in [2.24, 2.45) is 4.99 Å². The SMILES string of the molecule is C=CCOc1c(Br)cc(/C=C2\SC(=Nc3ccc(C(=O)O)cc3)N(C)C2=O)cc1OCC. The molecule has 2 aromatic rings. The highest BCUT2D eigenvalue weighted by Gasteiger charge is 2.30. The summed E-state index contributed by atoms with van der Waals surface area (Å²) >= 11 is 4.75. The van der Waals surface area contributed by atoms with Crippen molar-refractivity contribution in [1.82, 2.24) is 4.90 Å². The van der Waals surface area contributed by atoms with Crippen LogP contribution in [0.2, 0.25) is 0 Å². The van der Waals surface area contributed by atoms with E-state index < -0.39 is 5.97 Å². The highest BCUT2D eigenvalue weighted by molar-refractivity contribution is 9.10. The van der Waals surface area contributed by atoms with Crippen molar-refractivity contribution >= 4 is 56.5 Å². The zero-order valence-electron chi connectivity index (χ0n) is 17.5. The van der Waals surface area contributed by atoms with Gasteiger partial charge in [-0.05, 0) is 82.7 Å². The van der Waals surface area contributed by atoms with Gasteiger partial charge < -0.3 is 14.6 Å². The van der Waals surface area contributed by atoms with Crippen LogP contribution in [0.3, 0.4) is 0 Å². The topological polar surface area (TPSA) is 88.4 Å². The zero-order valence-corrected chi connectivity index (χ0v) is 19.9. The molecule has 9 heteroatoms. The summed E-state index contributed by atoms with van der Waals surface area (Å²) in [7, 11) is 1.65. The molecule has 0 atom stereocenters. The Bertz CT molecular complexity index is 1110. The van der Waals surface area contributed by atoms with Gasteiger partial charge in [0.2, 0.25) is 0 Å². The second-order valence-corrected chi connectivity index (χ2v) is 8.45. The van der Waals surface area contributed by atoms with E-state index in [9.17, 15) is 9.59 Å². The minimum Gasteiger partial charge on any atom is -0.490 e. The second-order valence-electron chi connectivity index (χ2n) is 6.58. The zero-order chi connectivity index (χ0) is 23.3. The number of rotatable bonds is 8. The number of carbonyl (C=O) groups excluding carboxylic acids is 1. The lowest BCUT2D eigenvalue weighted by molar-refractivity contribution is -0.121. The maximum absolute atomic E-state index is 12.8. The number of aliphatic imine (C=N–C) groups is 1. The number of nitrogens with zero attached hydrogens (tertiary/aromatic N) is 2. The van der Waals surface area contributed by atoms with Crippen LogP contribution in [0.5, 0.6) is 11.5 Å². The molecule has 1 heterocycles. The van der Waals surface area contributed by atoms with Crippen LogP contribution in [-0.4, -0.2) is 47.3 Å². The van der Waals surface area contributed by atoms with Crippen molar-refractivity contribution in [3.05, 3.63) is 69.6 Å². The van der Waals surface area contributed by atoms with Crippen LogP contribution in [0.4, 0.5) is 5.69 Å². The molecule has 7 nitrogen and oxygen atoms in total. The molecular weight excluding hydrogens is 496 g/mol. The summed E-state index contributed by atoms with van der Waals surface area (Å²) in [6, 6.07) is 9.81. The van der Waals surface area contributed by atoms with E-state index in [1.807, 2.05) is 19.1 Å². The van der Waals surface area contributed by atoms with Crippen molar-refractivity contribution in [3.63, 3.8) is 0 Å². The number of likely N-dealkylation sites (N-methyl/N-ethyl adjacent to an activating group) is 1. The Kier molecular flexibility index (Phi) is 7.76. The van der Waals surface area contributed by atoms with Gasteiger partial charge >= 0.3 is 5.97 Å². The van der Waals surface area contributed by atoms with Gasteiger partial charge in [0.25, 0.3) is 5.91 Å². The monoisotopic (exact) mass is 516 g/mol. The Hall–Kier alpha value is -3.04. The summed E-state index contributed by atoms with van der Waals surface area (Å²) in [6.07, 6.45) is 3.42. The summed E-state index contributed by atoms with van der Waals surface area (Å²) < 4.78 is 12.1. The van der Waals surface area contributed by atoms with Crippen LogP contribution < -0.4 is 9.47 Å². The predicted octanol–water partition coefficient (Wildman–Crippen LogP) is 5.34. The average molecular weight is 517 g/mol. The van der Waals surface area contributed by atoms with Gasteiger partial charge in [-0.1, -0.05) is 12.7 Å². The fourth-order valence-electron chi connectivity index (χ4n) is 2.81. The van der Waals surface area contributed by atoms with Gasteiger partial charge in [0.05, 0.1) is 27.2 Å².